The molecule has 3 heterocycles. The van der Waals surface area contributed by atoms with Crippen LogP contribution in [-0.4, -0.2) is 42.1 Å². The van der Waals surface area contributed by atoms with Crippen molar-refractivity contribution < 1.29 is 9.53 Å². The quantitative estimate of drug-likeness (QED) is 0.900. The SMILES string of the molecule is CN1[C@@H]2CC[C@H]1CC(NC(=O)C1Cc3ccccc3O1)C2. The zero-order valence-electron chi connectivity index (χ0n) is 12.4. The lowest BCUT2D eigenvalue weighted by Gasteiger charge is -2.36. The van der Waals surface area contributed by atoms with Crippen molar-refractivity contribution in [1.29, 1.82) is 0 Å². The van der Waals surface area contributed by atoms with Gasteiger partial charge in [-0.3, -0.25) is 4.79 Å². The van der Waals surface area contributed by atoms with Crippen molar-refractivity contribution in [2.75, 3.05) is 7.05 Å². The van der Waals surface area contributed by atoms with E-state index in [9.17, 15) is 4.79 Å². The smallest absolute Gasteiger partial charge is 0.261 e. The summed E-state index contributed by atoms with van der Waals surface area (Å²) in [6.07, 6.45) is 5.07. The molecule has 1 aromatic rings. The number of ether oxygens (including phenoxy) is 1. The number of benzene rings is 1. The first-order chi connectivity index (χ1) is 10.2. The zero-order chi connectivity index (χ0) is 14.4. The molecule has 4 atom stereocenters. The Bertz CT molecular complexity index is 520. The van der Waals surface area contributed by atoms with Crippen LogP contribution >= 0.6 is 0 Å². The van der Waals surface area contributed by atoms with Gasteiger partial charge < -0.3 is 15.0 Å². The Hall–Kier alpha value is -1.55. The van der Waals surface area contributed by atoms with Gasteiger partial charge in [0.05, 0.1) is 0 Å². The molecule has 21 heavy (non-hydrogen) atoms. The van der Waals surface area contributed by atoms with Crippen LogP contribution in [0.2, 0.25) is 0 Å². The van der Waals surface area contributed by atoms with Crippen molar-refractivity contribution in [2.24, 2.45) is 0 Å². The molecule has 0 radical (unpaired) electrons. The Kier molecular flexibility index (Phi) is 3.14. The van der Waals surface area contributed by atoms with Gasteiger partial charge in [-0.1, -0.05) is 18.2 Å². The molecule has 4 rings (SSSR count). The van der Waals surface area contributed by atoms with Crippen molar-refractivity contribution in [3.8, 4) is 5.75 Å². The summed E-state index contributed by atoms with van der Waals surface area (Å²) in [5.41, 5.74) is 1.14. The Labute approximate surface area is 125 Å². The molecule has 112 valence electrons. The van der Waals surface area contributed by atoms with Crippen LogP contribution < -0.4 is 10.1 Å². The summed E-state index contributed by atoms with van der Waals surface area (Å²) in [6, 6.07) is 9.55. The van der Waals surface area contributed by atoms with E-state index in [0.29, 0.717) is 24.5 Å². The number of carbonyl (C=O) groups is 1. The number of hydrogen-bond acceptors (Lipinski definition) is 3. The van der Waals surface area contributed by atoms with Gasteiger partial charge in [0.1, 0.15) is 5.75 Å². The van der Waals surface area contributed by atoms with Crippen molar-refractivity contribution in [2.45, 2.75) is 56.3 Å². The summed E-state index contributed by atoms with van der Waals surface area (Å²) >= 11 is 0. The number of hydrogen-bond donors (Lipinski definition) is 1. The minimum atomic E-state index is -0.347. The predicted molar refractivity (Wildman–Crippen MR) is 80.3 cm³/mol. The summed E-state index contributed by atoms with van der Waals surface area (Å²) in [5, 5.41) is 3.23. The molecule has 4 nitrogen and oxygen atoms in total. The van der Waals surface area contributed by atoms with E-state index in [1.165, 1.54) is 12.8 Å². The van der Waals surface area contributed by atoms with Gasteiger partial charge in [0, 0.05) is 24.5 Å². The molecule has 1 amide bonds. The molecule has 3 aliphatic rings. The van der Waals surface area contributed by atoms with E-state index < -0.39 is 0 Å². The highest BCUT2D eigenvalue weighted by atomic mass is 16.5. The second-order valence-electron chi connectivity index (χ2n) is 6.65. The molecular formula is C17H22N2O2. The van der Waals surface area contributed by atoms with Gasteiger partial charge in [0.15, 0.2) is 6.10 Å². The van der Waals surface area contributed by atoms with Gasteiger partial charge in [-0.25, -0.2) is 0 Å². The topological polar surface area (TPSA) is 41.6 Å². The second kappa shape index (κ2) is 5.02. The van der Waals surface area contributed by atoms with Crippen LogP contribution in [0, 0.1) is 0 Å². The normalized spacial score (nSPS) is 34.3. The third-order valence-electron chi connectivity index (χ3n) is 5.38. The first-order valence-electron chi connectivity index (χ1n) is 7.97. The van der Waals surface area contributed by atoms with Crippen LogP contribution in [0.1, 0.15) is 31.2 Å². The number of nitrogens with one attached hydrogen (secondary N) is 1. The predicted octanol–water partition coefficient (Wildman–Crippen LogP) is 1.73. The maximum absolute atomic E-state index is 12.4. The number of carbonyl (C=O) groups excluding carboxylic acids is 1. The maximum Gasteiger partial charge on any atom is 0.261 e. The van der Waals surface area contributed by atoms with Gasteiger partial charge in [0.2, 0.25) is 0 Å². The Morgan fingerprint density at radius 2 is 1.95 bits per heavy atom. The van der Waals surface area contributed by atoms with E-state index in [-0.39, 0.29) is 12.0 Å². The molecule has 1 N–H and O–H groups in total. The molecule has 0 saturated carbocycles. The fourth-order valence-corrected chi connectivity index (χ4v) is 4.15. The van der Waals surface area contributed by atoms with Crippen molar-refractivity contribution in [1.82, 2.24) is 10.2 Å². The number of para-hydroxylation sites is 1. The average Bonchev–Trinajstić information content (AvgIpc) is 2.98. The largest absolute Gasteiger partial charge is 0.480 e. The van der Waals surface area contributed by atoms with E-state index in [4.69, 9.17) is 4.74 Å². The molecule has 0 spiro atoms. The van der Waals surface area contributed by atoms with Crippen molar-refractivity contribution >= 4 is 5.91 Å². The molecule has 4 heteroatoms. The fourth-order valence-electron chi connectivity index (χ4n) is 4.15. The van der Waals surface area contributed by atoms with E-state index in [1.807, 2.05) is 24.3 Å². The molecule has 3 aliphatic heterocycles. The molecule has 2 saturated heterocycles. The van der Waals surface area contributed by atoms with Gasteiger partial charge in [0.25, 0.3) is 5.91 Å². The molecule has 2 bridgehead atoms. The minimum Gasteiger partial charge on any atom is -0.480 e. The molecule has 2 unspecified atom stereocenters. The molecule has 2 fully saturated rings. The number of amides is 1. The number of nitrogens with zero attached hydrogens (tertiary/aromatic N) is 1. The van der Waals surface area contributed by atoms with Crippen LogP contribution in [0.25, 0.3) is 0 Å². The Balaban J connectivity index is 1.37. The Morgan fingerprint density at radius 3 is 2.67 bits per heavy atom. The average molecular weight is 286 g/mol. The van der Waals surface area contributed by atoms with Gasteiger partial charge in [-0.05, 0) is 44.4 Å². The first-order valence-corrected chi connectivity index (χ1v) is 7.97. The molecule has 1 aromatic carbocycles. The first kappa shape index (κ1) is 13.1. The highest BCUT2D eigenvalue weighted by Gasteiger charge is 2.40. The highest BCUT2D eigenvalue weighted by molar-refractivity contribution is 5.82. The van der Waals surface area contributed by atoms with Gasteiger partial charge in [-0.2, -0.15) is 0 Å². The van der Waals surface area contributed by atoms with Gasteiger partial charge >= 0.3 is 0 Å². The number of piperidine rings is 1. The third kappa shape index (κ3) is 2.31. The fraction of sp³-hybridized carbons (Fsp3) is 0.588. The second-order valence-corrected chi connectivity index (χ2v) is 6.65. The Morgan fingerprint density at radius 1 is 1.24 bits per heavy atom. The molecule has 0 aromatic heterocycles. The monoisotopic (exact) mass is 286 g/mol. The van der Waals surface area contributed by atoms with E-state index in [1.54, 1.807) is 0 Å². The van der Waals surface area contributed by atoms with Crippen LogP contribution in [0.4, 0.5) is 0 Å². The van der Waals surface area contributed by atoms with Crippen molar-refractivity contribution in [3.05, 3.63) is 29.8 Å². The zero-order valence-corrected chi connectivity index (χ0v) is 12.4. The molecule has 0 aliphatic carbocycles. The van der Waals surface area contributed by atoms with E-state index >= 15 is 0 Å². The summed E-state index contributed by atoms with van der Waals surface area (Å²) in [5.74, 6) is 0.918. The lowest BCUT2D eigenvalue weighted by atomic mass is 9.97. The minimum absolute atomic E-state index is 0.0557. The standard InChI is InChI=1S/C17H22N2O2/c1-19-13-6-7-14(19)10-12(9-13)18-17(20)16-8-11-4-2-3-5-15(11)21-16/h2-5,12-14,16H,6-10H2,1H3,(H,18,20)/t12?,13-,14+,16?. The third-order valence-corrected chi connectivity index (χ3v) is 5.38. The van der Waals surface area contributed by atoms with Crippen LogP contribution in [0.15, 0.2) is 24.3 Å². The van der Waals surface area contributed by atoms with Gasteiger partial charge in [-0.15, -0.1) is 0 Å². The van der Waals surface area contributed by atoms with E-state index in [2.05, 4.69) is 17.3 Å². The van der Waals surface area contributed by atoms with Crippen LogP contribution in [0.5, 0.6) is 5.75 Å². The number of rotatable bonds is 2. The summed E-state index contributed by atoms with van der Waals surface area (Å²) < 4.78 is 5.78. The lowest BCUT2D eigenvalue weighted by molar-refractivity contribution is -0.128. The highest BCUT2D eigenvalue weighted by Crippen LogP contribution is 2.34. The van der Waals surface area contributed by atoms with E-state index in [0.717, 1.165) is 24.2 Å². The van der Waals surface area contributed by atoms with Crippen LogP contribution in [-0.2, 0) is 11.2 Å². The lowest BCUT2D eigenvalue weighted by Crippen LogP contribution is -2.51. The summed E-state index contributed by atoms with van der Waals surface area (Å²) in [4.78, 5) is 14.9. The van der Waals surface area contributed by atoms with Crippen molar-refractivity contribution in [3.63, 3.8) is 0 Å². The van der Waals surface area contributed by atoms with Crippen LogP contribution in [0.3, 0.4) is 0 Å². The summed E-state index contributed by atoms with van der Waals surface area (Å²) in [7, 11) is 2.22. The summed E-state index contributed by atoms with van der Waals surface area (Å²) in [6.45, 7) is 0. The maximum atomic E-state index is 12.4. The number of fused-ring (bicyclic) bond motifs is 3. The molecular weight excluding hydrogens is 264 g/mol.